The van der Waals surface area contributed by atoms with Crippen LogP contribution in [-0.2, 0) is 32.7 Å². The largest absolute Gasteiger partial charge is 0.472 e. The summed E-state index contributed by atoms with van der Waals surface area (Å²) in [6.07, 6.45) is 23.2. The van der Waals surface area contributed by atoms with Gasteiger partial charge in [-0.3, -0.25) is 18.6 Å². The van der Waals surface area contributed by atoms with Gasteiger partial charge < -0.3 is 39.9 Å². The molecule has 6 N–H and O–H groups in total. The molecule has 1 saturated carbocycles. The molecule has 0 heterocycles. The van der Waals surface area contributed by atoms with Crippen LogP contribution in [0, 0.1) is 0 Å². The van der Waals surface area contributed by atoms with Crippen LogP contribution in [0.25, 0.3) is 0 Å². The Morgan fingerprint density at radius 2 is 1.02 bits per heavy atom. The van der Waals surface area contributed by atoms with Gasteiger partial charge in [0.05, 0.1) is 6.61 Å². The lowest BCUT2D eigenvalue weighted by atomic mass is 9.85. The summed E-state index contributed by atoms with van der Waals surface area (Å²) in [6, 6.07) is 0. The summed E-state index contributed by atoms with van der Waals surface area (Å²) in [5, 5.41) is 50.0. The molecule has 0 amide bonds. The van der Waals surface area contributed by atoms with Crippen LogP contribution in [0.15, 0.2) is 48.6 Å². The first-order valence-electron chi connectivity index (χ1n) is 20.9. The maximum atomic E-state index is 12.8. The molecular weight excluding hydrogens is 743 g/mol. The molecule has 324 valence electrons. The molecule has 0 aromatic carbocycles. The van der Waals surface area contributed by atoms with E-state index in [1.54, 1.807) is 0 Å². The number of rotatable bonds is 33. The van der Waals surface area contributed by atoms with Gasteiger partial charge in [-0.2, -0.15) is 0 Å². The van der Waals surface area contributed by atoms with Gasteiger partial charge in [0.25, 0.3) is 0 Å². The van der Waals surface area contributed by atoms with Crippen LogP contribution in [0.2, 0.25) is 0 Å². The maximum Gasteiger partial charge on any atom is 0.472 e. The summed E-state index contributed by atoms with van der Waals surface area (Å²) < 4.78 is 33.4. The van der Waals surface area contributed by atoms with E-state index in [2.05, 4.69) is 56.4 Å². The molecule has 1 aliphatic carbocycles. The predicted octanol–water partition coefficient (Wildman–Crippen LogP) is 7.22. The number of aliphatic hydroxyl groups excluding tert-OH is 5. The molecule has 0 spiro atoms. The molecule has 14 heteroatoms. The number of carbonyl (C=O) groups is 2. The van der Waals surface area contributed by atoms with E-state index in [1.165, 1.54) is 51.4 Å². The Balaban J connectivity index is 2.55. The van der Waals surface area contributed by atoms with E-state index in [1.807, 2.05) is 6.08 Å². The average molecular weight is 817 g/mol. The van der Waals surface area contributed by atoms with Crippen molar-refractivity contribution in [1.82, 2.24) is 0 Å². The second-order valence-corrected chi connectivity index (χ2v) is 15.9. The molecule has 1 rings (SSSR count). The lowest BCUT2D eigenvalue weighted by Gasteiger charge is -2.41. The number of phosphoric acid groups is 1. The minimum atomic E-state index is -5.12. The van der Waals surface area contributed by atoms with Gasteiger partial charge in [0, 0.05) is 12.8 Å². The van der Waals surface area contributed by atoms with E-state index >= 15 is 0 Å². The van der Waals surface area contributed by atoms with Crippen molar-refractivity contribution in [1.29, 1.82) is 0 Å². The third kappa shape index (κ3) is 25.2. The summed E-state index contributed by atoms with van der Waals surface area (Å²) >= 11 is 0. The number of carbonyl (C=O) groups excluding carboxylic acids is 2. The van der Waals surface area contributed by atoms with Crippen molar-refractivity contribution in [3.63, 3.8) is 0 Å². The Hall–Kier alpha value is -2.19. The van der Waals surface area contributed by atoms with Crippen LogP contribution < -0.4 is 0 Å². The van der Waals surface area contributed by atoms with Crippen molar-refractivity contribution in [2.24, 2.45) is 0 Å². The minimum absolute atomic E-state index is 0.0443. The van der Waals surface area contributed by atoms with Gasteiger partial charge in [0.2, 0.25) is 0 Å². The van der Waals surface area contributed by atoms with Crippen LogP contribution >= 0.6 is 7.82 Å². The molecule has 8 atom stereocenters. The van der Waals surface area contributed by atoms with Crippen molar-refractivity contribution in [2.75, 3.05) is 13.2 Å². The molecule has 0 bridgehead atoms. The van der Waals surface area contributed by atoms with Crippen LogP contribution in [0.4, 0.5) is 0 Å². The highest BCUT2D eigenvalue weighted by atomic mass is 31.2. The molecular formula is C42H73O13P. The Labute approximate surface area is 335 Å². The van der Waals surface area contributed by atoms with Gasteiger partial charge in [-0.15, -0.1) is 0 Å². The standard InChI is InChI=1S/C42H73O13P/c1-3-5-7-9-11-13-15-17-18-19-21-23-25-27-29-31-36(44)54-34(32-52-35(43)30-28-26-24-22-20-16-14-12-10-8-6-4-2)33-53-56(50,51)55-42-40(48)38(46)37(45)39(47)41(42)49/h5,7,11,13,17-18,21,23,34,37-42,45-49H,3-4,6,8-10,12,14-16,19-20,22,24-33H2,1-2H3,(H,50,51)/b7-5-,13-11-,18-17-,23-21-/t34-,37?,38-,39?,40?,41?,42?/m1/s1. The van der Waals surface area contributed by atoms with E-state index in [0.717, 1.165) is 57.8 Å². The number of ether oxygens (including phenoxy) is 2. The predicted molar refractivity (Wildman–Crippen MR) is 216 cm³/mol. The first-order valence-corrected chi connectivity index (χ1v) is 22.4. The van der Waals surface area contributed by atoms with Gasteiger partial charge in [0.15, 0.2) is 6.10 Å². The zero-order chi connectivity index (χ0) is 41.4. The zero-order valence-electron chi connectivity index (χ0n) is 33.9. The molecule has 0 aromatic heterocycles. The van der Waals surface area contributed by atoms with Gasteiger partial charge in [0.1, 0.15) is 43.2 Å². The second-order valence-electron chi connectivity index (χ2n) is 14.5. The zero-order valence-corrected chi connectivity index (χ0v) is 34.8. The third-order valence-electron chi connectivity index (χ3n) is 9.43. The van der Waals surface area contributed by atoms with Gasteiger partial charge in [-0.25, -0.2) is 4.57 Å². The molecule has 13 nitrogen and oxygen atoms in total. The fraction of sp³-hybridized carbons (Fsp3) is 0.762. The summed E-state index contributed by atoms with van der Waals surface area (Å²) in [6.45, 7) is 3.12. The molecule has 0 radical (unpaired) electrons. The molecule has 1 aliphatic rings. The van der Waals surface area contributed by atoms with E-state index < -0.39 is 75.7 Å². The van der Waals surface area contributed by atoms with Crippen molar-refractivity contribution >= 4 is 19.8 Å². The van der Waals surface area contributed by atoms with Crippen molar-refractivity contribution in [3.8, 4) is 0 Å². The van der Waals surface area contributed by atoms with Crippen LogP contribution in [0.1, 0.15) is 149 Å². The number of phosphoric ester groups is 1. The highest BCUT2D eigenvalue weighted by molar-refractivity contribution is 7.47. The minimum Gasteiger partial charge on any atom is -0.462 e. The van der Waals surface area contributed by atoms with Crippen molar-refractivity contribution in [3.05, 3.63) is 48.6 Å². The number of hydrogen-bond donors (Lipinski definition) is 6. The van der Waals surface area contributed by atoms with E-state index in [9.17, 15) is 44.6 Å². The number of aliphatic hydroxyl groups is 5. The van der Waals surface area contributed by atoms with E-state index in [-0.39, 0.29) is 12.8 Å². The summed E-state index contributed by atoms with van der Waals surface area (Å²) in [7, 11) is -5.12. The highest BCUT2D eigenvalue weighted by Gasteiger charge is 2.51. The van der Waals surface area contributed by atoms with Crippen molar-refractivity contribution in [2.45, 2.75) is 191 Å². The van der Waals surface area contributed by atoms with Gasteiger partial charge in [-0.1, -0.05) is 133 Å². The van der Waals surface area contributed by atoms with Gasteiger partial charge in [-0.05, 0) is 51.4 Å². The number of esters is 2. The van der Waals surface area contributed by atoms with Crippen LogP contribution in [0.5, 0.6) is 0 Å². The Morgan fingerprint density at radius 3 is 1.55 bits per heavy atom. The Morgan fingerprint density at radius 1 is 0.571 bits per heavy atom. The van der Waals surface area contributed by atoms with E-state index in [4.69, 9.17) is 18.5 Å². The lowest BCUT2D eigenvalue weighted by molar-refractivity contribution is -0.220. The molecule has 56 heavy (non-hydrogen) atoms. The monoisotopic (exact) mass is 816 g/mol. The molecule has 6 unspecified atom stereocenters. The summed E-state index contributed by atoms with van der Waals surface area (Å²) in [4.78, 5) is 35.5. The van der Waals surface area contributed by atoms with Gasteiger partial charge >= 0.3 is 19.8 Å². The van der Waals surface area contributed by atoms with Crippen molar-refractivity contribution < 1.29 is 63.1 Å². The average Bonchev–Trinajstić information content (AvgIpc) is 3.18. The normalized spacial score (nSPS) is 23.4. The second kappa shape index (κ2) is 32.7. The first-order chi connectivity index (χ1) is 26.9. The Kier molecular flexibility index (Phi) is 30.3. The van der Waals surface area contributed by atoms with Crippen LogP contribution in [-0.4, -0.2) is 98.3 Å². The molecule has 0 aromatic rings. The number of unbranched alkanes of at least 4 members (excludes halogenated alkanes) is 13. The fourth-order valence-corrected chi connectivity index (χ4v) is 7.01. The maximum absolute atomic E-state index is 12.8. The Bertz CT molecular complexity index is 1170. The third-order valence-corrected chi connectivity index (χ3v) is 10.4. The smallest absolute Gasteiger partial charge is 0.462 e. The fourth-order valence-electron chi connectivity index (χ4n) is 6.04. The molecule has 0 aliphatic heterocycles. The molecule has 1 fully saturated rings. The lowest BCUT2D eigenvalue weighted by Crippen LogP contribution is -2.64. The highest BCUT2D eigenvalue weighted by Crippen LogP contribution is 2.47. The topological polar surface area (TPSA) is 210 Å². The summed E-state index contributed by atoms with van der Waals surface area (Å²) in [5.74, 6) is -1.15. The first kappa shape index (κ1) is 51.8. The number of hydrogen-bond acceptors (Lipinski definition) is 12. The summed E-state index contributed by atoms with van der Waals surface area (Å²) in [5.41, 5.74) is 0. The SMILES string of the molecule is CC/C=C\C/C=C\C/C=C\C/C=C\CCCCC(=O)O[C@H](COC(=O)CCCCCCCCCCCCCC)COP(=O)(O)OC1C(O)C(O)C(O)[C@@H](O)C1O. The quantitative estimate of drug-likeness (QED) is 0.0168. The molecule has 0 saturated heterocycles. The van der Waals surface area contributed by atoms with Crippen LogP contribution in [0.3, 0.4) is 0 Å². The number of allylic oxidation sites excluding steroid dienone is 8. The van der Waals surface area contributed by atoms with E-state index in [0.29, 0.717) is 12.8 Å².